The summed E-state index contributed by atoms with van der Waals surface area (Å²) in [4.78, 5) is 20.4. The van der Waals surface area contributed by atoms with Gasteiger partial charge in [0.05, 0.1) is 18.2 Å². The largest absolute Gasteiger partial charge is 0.378 e. The Hall–Kier alpha value is -2.12. The Morgan fingerprint density at radius 1 is 0.800 bits per heavy atom. The first-order chi connectivity index (χ1) is 12.3. The van der Waals surface area contributed by atoms with Crippen molar-refractivity contribution in [3.63, 3.8) is 0 Å². The molecule has 8 heteroatoms. The van der Waals surface area contributed by atoms with Gasteiger partial charge in [0.1, 0.15) is 11.6 Å². The van der Waals surface area contributed by atoms with Gasteiger partial charge in [-0.05, 0) is 18.2 Å². The minimum atomic E-state index is 0.663. The van der Waals surface area contributed by atoms with E-state index in [1.807, 2.05) is 24.4 Å². The molecule has 7 nitrogen and oxygen atoms in total. The summed E-state index contributed by atoms with van der Waals surface area (Å²) in [6, 6.07) is 5.82. The number of halogens is 1. The monoisotopic (exact) mass is 360 g/mol. The van der Waals surface area contributed by atoms with Crippen LogP contribution in [-0.2, 0) is 4.74 Å². The molecule has 0 aliphatic carbocycles. The van der Waals surface area contributed by atoms with Gasteiger partial charge in [-0.2, -0.15) is 4.98 Å². The SMILES string of the molecule is Clc1ccc(N2CCN(c3nccc(N4CCOCC4)n3)CC2)nc1. The van der Waals surface area contributed by atoms with E-state index in [9.17, 15) is 0 Å². The highest BCUT2D eigenvalue weighted by Gasteiger charge is 2.21. The number of nitrogens with zero attached hydrogens (tertiary/aromatic N) is 6. The Kier molecular flexibility index (Phi) is 4.85. The lowest BCUT2D eigenvalue weighted by molar-refractivity contribution is 0.122. The highest BCUT2D eigenvalue weighted by molar-refractivity contribution is 6.30. The molecule has 2 fully saturated rings. The Morgan fingerprint density at radius 3 is 2.24 bits per heavy atom. The highest BCUT2D eigenvalue weighted by atomic mass is 35.5. The molecule has 0 saturated carbocycles. The molecule has 2 saturated heterocycles. The fraction of sp³-hybridized carbons (Fsp3) is 0.471. The minimum Gasteiger partial charge on any atom is -0.378 e. The van der Waals surface area contributed by atoms with Crippen LogP contribution in [-0.4, -0.2) is 67.4 Å². The van der Waals surface area contributed by atoms with Crippen molar-refractivity contribution in [1.82, 2.24) is 15.0 Å². The molecule has 0 unspecified atom stereocenters. The van der Waals surface area contributed by atoms with Crippen molar-refractivity contribution in [2.24, 2.45) is 0 Å². The zero-order valence-electron chi connectivity index (χ0n) is 14.0. The lowest BCUT2D eigenvalue weighted by Crippen LogP contribution is -2.47. The summed E-state index contributed by atoms with van der Waals surface area (Å²) in [5, 5.41) is 0.663. The van der Waals surface area contributed by atoms with Gasteiger partial charge < -0.3 is 19.4 Å². The molecule has 25 heavy (non-hydrogen) atoms. The van der Waals surface area contributed by atoms with E-state index in [4.69, 9.17) is 21.3 Å². The van der Waals surface area contributed by atoms with Gasteiger partial charge >= 0.3 is 0 Å². The van der Waals surface area contributed by atoms with E-state index in [-0.39, 0.29) is 0 Å². The number of rotatable bonds is 3. The molecule has 0 N–H and O–H groups in total. The second-order valence-corrected chi connectivity index (χ2v) is 6.56. The molecular weight excluding hydrogens is 340 g/mol. The van der Waals surface area contributed by atoms with Crippen LogP contribution < -0.4 is 14.7 Å². The van der Waals surface area contributed by atoms with Crippen molar-refractivity contribution < 1.29 is 4.74 Å². The first kappa shape index (κ1) is 16.4. The molecule has 4 heterocycles. The molecule has 4 rings (SSSR count). The van der Waals surface area contributed by atoms with E-state index in [2.05, 4.69) is 24.7 Å². The molecular formula is C17H21ClN6O. The Balaban J connectivity index is 1.41. The number of hydrogen-bond donors (Lipinski definition) is 0. The Labute approximate surface area is 152 Å². The number of pyridine rings is 1. The van der Waals surface area contributed by atoms with Gasteiger partial charge in [0.2, 0.25) is 5.95 Å². The van der Waals surface area contributed by atoms with Crippen LogP contribution >= 0.6 is 11.6 Å². The molecule has 132 valence electrons. The van der Waals surface area contributed by atoms with E-state index < -0.39 is 0 Å². The molecule has 0 radical (unpaired) electrons. The summed E-state index contributed by atoms with van der Waals surface area (Å²) in [5.74, 6) is 2.75. The van der Waals surface area contributed by atoms with Crippen LogP contribution in [0.25, 0.3) is 0 Å². The average molecular weight is 361 g/mol. The fourth-order valence-electron chi connectivity index (χ4n) is 3.15. The topological polar surface area (TPSA) is 57.6 Å². The number of aromatic nitrogens is 3. The van der Waals surface area contributed by atoms with E-state index >= 15 is 0 Å². The molecule has 2 aliphatic heterocycles. The molecule has 2 aromatic heterocycles. The number of morpholine rings is 1. The van der Waals surface area contributed by atoms with E-state index in [1.165, 1.54) is 0 Å². The minimum absolute atomic E-state index is 0.663. The number of hydrogen-bond acceptors (Lipinski definition) is 7. The summed E-state index contributed by atoms with van der Waals surface area (Å²) in [7, 11) is 0. The van der Waals surface area contributed by atoms with Crippen molar-refractivity contribution in [3.8, 4) is 0 Å². The van der Waals surface area contributed by atoms with Gasteiger partial charge in [0.25, 0.3) is 0 Å². The van der Waals surface area contributed by atoms with Crippen LogP contribution in [0.2, 0.25) is 5.02 Å². The van der Waals surface area contributed by atoms with E-state index in [1.54, 1.807) is 6.20 Å². The normalized spacial score (nSPS) is 18.5. The van der Waals surface area contributed by atoms with E-state index in [0.717, 1.165) is 70.1 Å². The van der Waals surface area contributed by atoms with Crippen molar-refractivity contribution in [2.75, 3.05) is 67.2 Å². The van der Waals surface area contributed by atoms with Gasteiger partial charge in [-0.1, -0.05) is 11.6 Å². The first-order valence-electron chi connectivity index (χ1n) is 8.57. The third-order valence-electron chi connectivity index (χ3n) is 4.56. The third-order valence-corrected chi connectivity index (χ3v) is 4.79. The van der Waals surface area contributed by atoms with Crippen molar-refractivity contribution in [2.45, 2.75) is 0 Å². The zero-order valence-corrected chi connectivity index (χ0v) is 14.8. The lowest BCUT2D eigenvalue weighted by atomic mass is 10.3. The standard InChI is InChI=1S/C17H21ClN6O/c18-14-1-2-15(20-13-14)22-5-7-24(8-6-22)17-19-4-3-16(21-17)23-9-11-25-12-10-23/h1-4,13H,5-12H2. The van der Waals surface area contributed by atoms with Crippen LogP contribution in [0.15, 0.2) is 30.6 Å². The molecule has 2 aliphatic rings. The second kappa shape index (κ2) is 7.41. The van der Waals surface area contributed by atoms with Crippen LogP contribution in [0.4, 0.5) is 17.6 Å². The Morgan fingerprint density at radius 2 is 1.52 bits per heavy atom. The third kappa shape index (κ3) is 3.77. The van der Waals surface area contributed by atoms with Crippen molar-refractivity contribution in [1.29, 1.82) is 0 Å². The van der Waals surface area contributed by atoms with Crippen LogP contribution in [0.3, 0.4) is 0 Å². The molecule has 0 aromatic carbocycles. The number of piperazine rings is 1. The number of ether oxygens (including phenoxy) is 1. The molecule has 2 aromatic rings. The van der Waals surface area contributed by atoms with Gasteiger partial charge in [-0.25, -0.2) is 9.97 Å². The van der Waals surface area contributed by atoms with Gasteiger partial charge in [0.15, 0.2) is 0 Å². The van der Waals surface area contributed by atoms with E-state index in [0.29, 0.717) is 5.02 Å². The van der Waals surface area contributed by atoms with Crippen LogP contribution in [0.5, 0.6) is 0 Å². The quantitative estimate of drug-likeness (QED) is 0.825. The zero-order chi connectivity index (χ0) is 17.1. The summed E-state index contributed by atoms with van der Waals surface area (Å²) < 4.78 is 5.41. The number of anilines is 3. The summed E-state index contributed by atoms with van der Waals surface area (Å²) in [5.41, 5.74) is 0. The van der Waals surface area contributed by atoms with Gasteiger partial charge in [-0.15, -0.1) is 0 Å². The molecule has 0 amide bonds. The van der Waals surface area contributed by atoms with Crippen molar-refractivity contribution >= 4 is 29.2 Å². The maximum Gasteiger partial charge on any atom is 0.227 e. The average Bonchev–Trinajstić information content (AvgIpc) is 2.70. The summed E-state index contributed by atoms with van der Waals surface area (Å²) in [6.45, 7) is 6.80. The smallest absolute Gasteiger partial charge is 0.227 e. The molecule has 0 atom stereocenters. The second-order valence-electron chi connectivity index (χ2n) is 6.12. The molecule has 0 spiro atoms. The van der Waals surface area contributed by atoms with Crippen molar-refractivity contribution in [3.05, 3.63) is 35.6 Å². The maximum absolute atomic E-state index is 5.92. The van der Waals surface area contributed by atoms with Crippen LogP contribution in [0.1, 0.15) is 0 Å². The van der Waals surface area contributed by atoms with Crippen LogP contribution in [0, 0.1) is 0 Å². The Bertz CT molecular complexity index is 699. The summed E-state index contributed by atoms with van der Waals surface area (Å²) >= 11 is 5.92. The predicted molar refractivity (Wildman–Crippen MR) is 98.7 cm³/mol. The lowest BCUT2D eigenvalue weighted by Gasteiger charge is -2.36. The fourth-order valence-corrected chi connectivity index (χ4v) is 3.26. The summed E-state index contributed by atoms with van der Waals surface area (Å²) in [6.07, 6.45) is 3.54. The molecule has 0 bridgehead atoms. The van der Waals surface area contributed by atoms with Gasteiger partial charge in [-0.3, -0.25) is 0 Å². The highest BCUT2D eigenvalue weighted by Crippen LogP contribution is 2.20. The maximum atomic E-state index is 5.92. The predicted octanol–water partition coefficient (Wildman–Crippen LogP) is 1.69. The first-order valence-corrected chi connectivity index (χ1v) is 8.94. The van der Waals surface area contributed by atoms with Gasteiger partial charge in [0, 0.05) is 51.7 Å².